The number of amides is 4. The van der Waals surface area contributed by atoms with Crippen molar-refractivity contribution in [3.05, 3.63) is 34.9 Å². The molecular weight excluding hydrogens is 292 g/mol. The first kappa shape index (κ1) is 13.9. The average Bonchev–Trinajstić information content (AvgIpc) is 2.71. The van der Waals surface area contributed by atoms with Crippen LogP contribution in [0.4, 0.5) is 0 Å². The van der Waals surface area contributed by atoms with Gasteiger partial charge in [-0.3, -0.25) is 29.4 Å². The van der Waals surface area contributed by atoms with Crippen LogP contribution >= 0.6 is 0 Å². The van der Waals surface area contributed by atoms with Crippen molar-refractivity contribution in [2.75, 3.05) is 0 Å². The number of carbonyl (C=O) groups is 5. The van der Waals surface area contributed by atoms with Gasteiger partial charge in [0.1, 0.15) is 6.04 Å². The second-order valence-electron chi connectivity index (χ2n) is 5.01. The van der Waals surface area contributed by atoms with E-state index in [1.54, 1.807) is 0 Å². The molecular formula is C14H10N2O6. The third-order valence-corrected chi connectivity index (χ3v) is 3.69. The predicted molar refractivity (Wildman–Crippen MR) is 70.1 cm³/mol. The molecule has 0 radical (unpaired) electrons. The van der Waals surface area contributed by atoms with E-state index in [0.717, 1.165) is 11.0 Å². The van der Waals surface area contributed by atoms with Crippen LogP contribution in [0, 0.1) is 0 Å². The molecule has 22 heavy (non-hydrogen) atoms. The van der Waals surface area contributed by atoms with E-state index < -0.39 is 35.6 Å². The Labute approximate surface area is 123 Å². The molecule has 0 saturated carbocycles. The van der Waals surface area contributed by atoms with Gasteiger partial charge in [0.15, 0.2) is 0 Å². The number of carboxylic acids is 1. The van der Waals surface area contributed by atoms with Gasteiger partial charge >= 0.3 is 5.97 Å². The summed E-state index contributed by atoms with van der Waals surface area (Å²) in [6.07, 6.45) is 0.0894. The van der Waals surface area contributed by atoms with Crippen LogP contribution in [0.25, 0.3) is 0 Å². The first-order chi connectivity index (χ1) is 10.4. The topological polar surface area (TPSA) is 121 Å². The number of rotatable bonds is 2. The van der Waals surface area contributed by atoms with Crippen molar-refractivity contribution in [1.29, 1.82) is 0 Å². The van der Waals surface area contributed by atoms with Crippen molar-refractivity contribution >= 4 is 29.6 Å². The molecule has 1 saturated heterocycles. The second kappa shape index (κ2) is 4.76. The fraction of sp³-hybridized carbons (Fsp3) is 0.214. The van der Waals surface area contributed by atoms with Gasteiger partial charge in [-0.1, -0.05) is 0 Å². The molecule has 2 aliphatic rings. The number of hydrogen-bond donors (Lipinski definition) is 2. The van der Waals surface area contributed by atoms with Crippen molar-refractivity contribution in [2.45, 2.75) is 18.9 Å². The van der Waals surface area contributed by atoms with Crippen molar-refractivity contribution in [3.63, 3.8) is 0 Å². The van der Waals surface area contributed by atoms with Gasteiger partial charge in [-0.2, -0.15) is 0 Å². The van der Waals surface area contributed by atoms with Crippen LogP contribution in [-0.2, 0) is 9.59 Å². The molecule has 1 fully saturated rings. The lowest BCUT2D eigenvalue weighted by atomic mass is 10.0. The van der Waals surface area contributed by atoms with E-state index in [-0.39, 0.29) is 29.5 Å². The molecule has 1 aromatic rings. The normalized spacial score (nSPS) is 20.9. The van der Waals surface area contributed by atoms with Crippen LogP contribution in [0.2, 0.25) is 0 Å². The molecule has 2 aliphatic heterocycles. The van der Waals surface area contributed by atoms with E-state index >= 15 is 0 Å². The van der Waals surface area contributed by atoms with Crippen molar-refractivity contribution < 1.29 is 29.1 Å². The lowest BCUT2D eigenvalue weighted by Crippen LogP contribution is -2.54. The highest BCUT2D eigenvalue weighted by Crippen LogP contribution is 2.28. The molecule has 4 amide bonds. The Kier molecular flexibility index (Phi) is 3.01. The highest BCUT2D eigenvalue weighted by molar-refractivity contribution is 6.23. The number of hydrogen-bond acceptors (Lipinski definition) is 5. The number of carboxylic acid groups (broad SMARTS) is 1. The standard InChI is InChI=1S/C14H10N2O6/c17-10-4-3-9(11(18)15-10)16-12(19)7-2-1-6(14(21)22)5-8(7)13(16)20/h1-2,5,9H,3-4H2,(H,21,22)(H,15,17,18)/t9-/m0/s1. The molecule has 1 aromatic carbocycles. The second-order valence-corrected chi connectivity index (χ2v) is 5.01. The van der Waals surface area contributed by atoms with E-state index in [1.807, 2.05) is 0 Å². The van der Waals surface area contributed by atoms with Gasteiger partial charge in [-0.15, -0.1) is 0 Å². The summed E-state index contributed by atoms with van der Waals surface area (Å²) in [7, 11) is 0. The Hall–Kier alpha value is -3.03. The van der Waals surface area contributed by atoms with E-state index in [4.69, 9.17) is 5.11 Å². The van der Waals surface area contributed by atoms with Crippen LogP contribution in [-0.4, -0.2) is 45.6 Å². The minimum Gasteiger partial charge on any atom is -0.478 e. The van der Waals surface area contributed by atoms with E-state index in [0.29, 0.717) is 0 Å². The maximum atomic E-state index is 12.4. The van der Waals surface area contributed by atoms with Crippen LogP contribution in [0.1, 0.15) is 43.9 Å². The molecule has 0 spiro atoms. The number of fused-ring (bicyclic) bond motifs is 1. The Morgan fingerprint density at radius 3 is 2.45 bits per heavy atom. The summed E-state index contributed by atoms with van der Waals surface area (Å²) in [6.45, 7) is 0. The zero-order valence-electron chi connectivity index (χ0n) is 11.2. The summed E-state index contributed by atoms with van der Waals surface area (Å²) in [4.78, 5) is 59.4. The largest absolute Gasteiger partial charge is 0.478 e. The minimum atomic E-state index is -1.22. The van der Waals surface area contributed by atoms with E-state index in [9.17, 15) is 24.0 Å². The van der Waals surface area contributed by atoms with Gasteiger partial charge in [0.2, 0.25) is 11.8 Å². The number of benzene rings is 1. The van der Waals surface area contributed by atoms with Crippen LogP contribution in [0.15, 0.2) is 18.2 Å². The van der Waals surface area contributed by atoms with Crippen molar-refractivity contribution in [3.8, 4) is 0 Å². The summed E-state index contributed by atoms with van der Waals surface area (Å²) in [5, 5.41) is 11.0. The summed E-state index contributed by atoms with van der Waals surface area (Å²) >= 11 is 0. The van der Waals surface area contributed by atoms with Crippen molar-refractivity contribution in [2.24, 2.45) is 0 Å². The minimum absolute atomic E-state index is 0.0319. The molecule has 112 valence electrons. The number of nitrogens with one attached hydrogen (secondary N) is 1. The Morgan fingerprint density at radius 1 is 1.14 bits per heavy atom. The molecule has 2 N–H and O–H groups in total. The molecule has 0 unspecified atom stereocenters. The maximum absolute atomic E-state index is 12.4. The highest BCUT2D eigenvalue weighted by Gasteiger charge is 2.44. The first-order valence-electron chi connectivity index (χ1n) is 6.49. The fourth-order valence-electron chi connectivity index (χ4n) is 2.60. The molecule has 2 heterocycles. The summed E-state index contributed by atoms with van der Waals surface area (Å²) in [5.41, 5.74) is -0.112. The predicted octanol–water partition coefficient (Wildman–Crippen LogP) is -0.214. The summed E-state index contributed by atoms with van der Waals surface area (Å²) in [5.74, 6) is -3.76. The third kappa shape index (κ3) is 1.96. The number of nitrogens with zero attached hydrogens (tertiary/aromatic N) is 1. The molecule has 0 aliphatic carbocycles. The molecule has 0 bridgehead atoms. The molecule has 0 aromatic heterocycles. The van der Waals surface area contributed by atoms with Gasteiger partial charge in [-0.25, -0.2) is 4.79 Å². The average molecular weight is 302 g/mol. The van der Waals surface area contributed by atoms with Gasteiger partial charge in [-0.05, 0) is 24.6 Å². The highest BCUT2D eigenvalue weighted by atomic mass is 16.4. The fourth-order valence-corrected chi connectivity index (χ4v) is 2.60. The molecule has 8 heteroatoms. The van der Waals surface area contributed by atoms with Crippen LogP contribution in [0.5, 0.6) is 0 Å². The third-order valence-electron chi connectivity index (χ3n) is 3.69. The monoisotopic (exact) mass is 302 g/mol. The van der Waals surface area contributed by atoms with Crippen LogP contribution in [0.3, 0.4) is 0 Å². The maximum Gasteiger partial charge on any atom is 0.335 e. The Balaban J connectivity index is 1.98. The lowest BCUT2D eigenvalue weighted by Gasteiger charge is -2.27. The number of carbonyl (C=O) groups excluding carboxylic acids is 4. The number of piperidine rings is 1. The number of imide groups is 2. The summed E-state index contributed by atoms with van der Waals surface area (Å²) in [6, 6.07) is 2.54. The molecule has 3 rings (SSSR count). The number of aromatic carboxylic acids is 1. The molecule has 1 atom stereocenters. The zero-order chi connectivity index (χ0) is 16.0. The van der Waals surface area contributed by atoms with Crippen LogP contribution < -0.4 is 5.32 Å². The SMILES string of the molecule is O=C1CC[C@H](N2C(=O)c3ccc(C(=O)O)cc3C2=O)C(=O)N1. The Bertz CT molecular complexity index is 754. The van der Waals surface area contributed by atoms with E-state index in [1.165, 1.54) is 12.1 Å². The zero-order valence-corrected chi connectivity index (χ0v) is 11.2. The van der Waals surface area contributed by atoms with Gasteiger partial charge < -0.3 is 5.11 Å². The van der Waals surface area contributed by atoms with Gasteiger partial charge in [0, 0.05) is 6.42 Å². The molecule has 8 nitrogen and oxygen atoms in total. The smallest absolute Gasteiger partial charge is 0.335 e. The summed E-state index contributed by atoms with van der Waals surface area (Å²) < 4.78 is 0. The van der Waals surface area contributed by atoms with Gasteiger partial charge in [0.25, 0.3) is 11.8 Å². The quantitative estimate of drug-likeness (QED) is 0.729. The van der Waals surface area contributed by atoms with E-state index in [2.05, 4.69) is 5.32 Å². The van der Waals surface area contributed by atoms with Gasteiger partial charge in [0.05, 0.1) is 16.7 Å². The Morgan fingerprint density at radius 2 is 1.82 bits per heavy atom. The van der Waals surface area contributed by atoms with Crippen molar-refractivity contribution in [1.82, 2.24) is 10.2 Å². The lowest BCUT2D eigenvalue weighted by molar-refractivity contribution is -0.136. The first-order valence-corrected chi connectivity index (χ1v) is 6.49.